The first-order valence-electron chi connectivity index (χ1n) is 7.66. The number of aryl methyl sites for hydroxylation is 1. The molecule has 1 aromatic carbocycles. The van der Waals surface area contributed by atoms with Gasteiger partial charge in [0, 0.05) is 19.0 Å². The Hall–Kier alpha value is -1.68. The number of hydrogen-bond donors (Lipinski definition) is 1. The van der Waals surface area contributed by atoms with Crippen LogP contribution in [0, 0.1) is 12.8 Å². The van der Waals surface area contributed by atoms with Crippen LogP contribution >= 0.6 is 0 Å². The summed E-state index contributed by atoms with van der Waals surface area (Å²) in [6, 6.07) is 9.21. The van der Waals surface area contributed by atoms with Gasteiger partial charge in [-0.25, -0.2) is 0 Å². The fourth-order valence-corrected chi connectivity index (χ4v) is 2.37. The molecule has 2 aromatic rings. The molecule has 0 amide bonds. The van der Waals surface area contributed by atoms with Gasteiger partial charge in [0.1, 0.15) is 0 Å². The molecule has 0 saturated carbocycles. The van der Waals surface area contributed by atoms with E-state index in [1.807, 2.05) is 6.92 Å². The Morgan fingerprint density at radius 1 is 1.14 bits per heavy atom. The molecule has 0 fully saturated rings. The molecular formula is C17H25N3O. The number of hydrogen-bond acceptors (Lipinski definition) is 4. The molecule has 0 spiro atoms. The van der Waals surface area contributed by atoms with Gasteiger partial charge in [-0.05, 0) is 37.3 Å². The van der Waals surface area contributed by atoms with E-state index in [-0.39, 0.29) is 0 Å². The summed E-state index contributed by atoms with van der Waals surface area (Å²) in [6.07, 6.45) is 1.90. The van der Waals surface area contributed by atoms with Gasteiger partial charge in [0.15, 0.2) is 5.82 Å². The van der Waals surface area contributed by atoms with Crippen molar-refractivity contribution in [3.8, 4) is 0 Å². The predicted octanol–water partition coefficient (Wildman–Crippen LogP) is 3.47. The minimum absolute atomic E-state index is 0.321. The van der Waals surface area contributed by atoms with Gasteiger partial charge < -0.3 is 9.84 Å². The first kappa shape index (κ1) is 15.7. The summed E-state index contributed by atoms with van der Waals surface area (Å²) < 4.78 is 5.10. The molecule has 21 heavy (non-hydrogen) atoms. The maximum Gasteiger partial charge on any atom is 0.227 e. The molecule has 0 aliphatic heterocycles. The highest BCUT2D eigenvalue weighted by atomic mass is 16.5. The summed E-state index contributed by atoms with van der Waals surface area (Å²) >= 11 is 0. The summed E-state index contributed by atoms with van der Waals surface area (Å²) in [5.74, 6) is 2.09. The normalized spacial score (nSPS) is 12.8. The van der Waals surface area contributed by atoms with Gasteiger partial charge in [-0.3, -0.25) is 0 Å². The van der Waals surface area contributed by atoms with Crippen molar-refractivity contribution in [3.05, 3.63) is 47.1 Å². The number of aromatic nitrogens is 2. The van der Waals surface area contributed by atoms with Gasteiger partial charge in [0.2, 0.25) is 5.89 Å². The summed E-state index contributed by atoms with van der Waals surface area (Å²) in [7, 11) is 0. The van der Waals surface area contributed by atoms with Gasteiger partial charge in [-0.1, -0.05) is 43.3 Å². The van der Waals surface area contributed by atoms with E-state index in [0.29, 0.717) is 23.7 Å². The highest BCUT2D eigenvalue weighted by Gasteiger charge is 2.07. The molecule has 4 nitrogen and oxygen atoms in total. The van der Waals surface area contributed by atoms with Crippen LogP contribution in [0.25, 0.3) is 0 Å². The largest absolute Gasteiger partial charge is 0.339 e. The molecule has 114 valence electrons. The maximum atomic E-state index is 5.10. The van der Waals surface area contributed by atoms with Crippen molar-refractivity contribution in [2.75, 3.05) is 6.54 Å². The van der Waals surface area contributed by atoms with Crippen molar-refractivity contribution in [1.29, 1.82) is 0 Å². The molecule has 1 N–H and O–H groups in total. The van der Waals surface area contributed by atoms with Crippen molar-refractivity contribution in [1.82, 2.24) is 15.5 Å². The SMILES string of the molecule is Cc1noc(CCNC(C)c2ccc(CC(C)C)cc2)n1. The van der Waals surface area contributed by atoms with E-state index in [1.165, 1.54) is 11.1 Å². The molecule has 1 atom stereocenters. The lowest BCUT2D eigenvalue weighted by Gasteiger charge is -2.14. The predicted molar refractivity (Wildman–Crippen MR) is 84.1 cm³/mol. The monoisotopic (exact) mass is 287 g/mol. The van der Waals surface area contributed by atoms with Crippen LogP contribution in [0.5, 0.6) is 0 Å². The Kier molecular flexibility index (Phi) is 5.51. The molecule has 1 heterocycles. The maximum absolute atomic E-state index is 5.10. The van der Waals surface area contributed by atoms with Crippen LogP contribution in [0.4, 0.5) is 0 Å². The van der Waals surface area contributed by atoms with Crippen LogP contribution in [0.15, 0.2) is 28.8 Å². The van der Waals surface area contributed by atoms with Crippen LogP contribution in [0.1, 0.15) is 49.7 Å². The Bertz CT molecular complexity index is 545. The summed E-state index contributed by atoms with van der Waals surface area (Å²) in [4.78, 5) is 4.20. The van der Waals surface area contributed by atoms with Crippen LogP contribution in [0.3, 0.4) is 0 Å². The van der Waals surface area contributed by atoms with E-state index in [2.05, 4.69) is 60.5 Å². The lowest BCUT2D eigenvalue weighted by atomic mass is 10.00. The third-order valence-corrected chi connectivity index (χ3v) is 3.48. The molecule has 0 aliphatic carbocycles. The number of nitrogens with one attached hydrogen (secondary N) is 1. The second kappa shape index (κ2) is 7.36. The highest BCUT2D eigenvalue weighted by Crippen LogP contribution is 2.15. The summed E-state index contributed by atoms with van der Waals surface area (Å²) in [6.45, 7) is 9.34. The lowest BCUT2D eigenvalue weighted by molar-refractivity contribution is 0.370. The lowest BCUT2D eigenvalue weighted by Crippen LogP contribution is -2.21. The van der Waals surface area contributed by atoms with E-state index in [1.54, 1.807) is 0 Å². The van der Waals surface area contributed by atoms with Gasteiger partial charge in [-0.15, -0.1) is 0 Å². The molecule has 1 unspecified atom stereocenters. The van der Waals surface area contributed by atoms with E-state index in [0.717, 1.165) is 19.4 Å². The van der Waals surface area contributed by atoms with Crippen molar-refractivity contribution in [2.24, 2.45) is 5.92 Å². The van der Waals surface area contributed by atoms with Crippen LogP contribution < -0.4 is 5.32 Å². The molecule has 2 rings (SSSR count). The first-order valence-corrected chi connectivity index (χ1v) is 7.66. The first-order chi connectivity index (χ1) is 10.0. The Morgan fingerprint density at radius 2 is 1.86 bits per heavy atom. The van der Waals surface area contributed by atoms with E-state index in [9.17, 15) is 0 Å². The number of benzene rings is 1. The number of nitrogens with zero attached hydrogens (tertiary/aromatic N) is 2. The van der Waals surface area contributed by atoms with Gasteiger partial charge in [-0.2, -0.15) is 4.98 Å². The quantitative estimate of drug-likeness (QED) is 0.847. The molecular weight excluding hydrogens is 262 g/mol. The fourth-order valence-electron chi connectivity index (χ4n) is 2.37. The van der Waals surface area contributed by atoms with Crippen molar-refractivity contribution in [3.63, 3.8) is 0 Å². The zero-order chi connectivity index (χ0) is 15.2. The van der Waals surface area contributed by atoms with Crippen LogP contribution in [0.2, 0.25) is 0 Å². The Morgan fingerprint density at radius 3 is 2.43 bits per heavy atom. The summed E-state index contributed by atoms with van der Waals surface area (Å²) in [5, 5.41) is 7.28. The van der Waals surface area contributed by atoms with Gasteiger partial charge >= 0.3 is 0 Å². The number of rotatable bonds is 7. The van der Waals surface area contributed by atoms with Crippen LogP contribution in [-0.4, -0.2) is 16.7 Å². The second-order valence-corrected chi connectivity index (χ2v) is 6.00. The second-order valence-electron chi connectivity index (χ2n) is 6.00. The van der Waals surface area contributed by atoms with Crippen molar-refractivity contribution in [2.45, 2.75) is 46.6 Å². The molecule has 0 radical (unpaired) electrons. The topological polar surface area (TPSA) is 51.0 Å². The minimum atomic E-state index is 0.321. The van der Waals surface area contributed by atoms with E-state index >= 15 is 0 Å². The zero-order valence-corrected chi connectivity index (χ0v) is 13.4. The molecule has 0 saturated heterocycles. The standard InChI is InChI=1S/C17H25N3O/c1-12(2)11-15-5-7-16(8-6-15)13(3)18-10-9-17-19-14(4)20-21-17/h5-8,12-13,18H,9-11H2,1-4H3. The van der Waals surface area contributed by atoms with Gasteiger partial charge in [0.05, 0.1) is 0 Å². The molecule has 0 bridgehead atoms. The van der Waals surface area contributed by atoms with E-state index in [4.69, 9.17) is 4.52 Å². The Labute approximate surface area is 127 Å². The van der Waals surface area contributed by atoms with Crippen molar-refractivity contribution < 1.29 is 4.52 Å². The third-order valence-electron chi connectivity index (χ3n) is 3.48. The Balaban J connectivity index is 1.81. The van der Waals surface area contributed by atoms with Gasteiger partial charge in [0.25, 0.3) is 0 Å². The van der Waals surface area contributed by atoms with E-state index < -0.39 is 0 Å². The highest BCUT2D eigenvalue weighted by molar-refractivity contribution is 5.25. The third kappa shape index (κ3) is 4.97. The smallest absolute Gasteiger partial charge is 0.227 e. The average molecular weight is 287 g/mol. The minimum Gasteiger partial charge on any atom is -0.339 e. The summed E-state index contributed by atoms with van der Waals surface area (Å²) in [5.41, 5.74) is 2.71. The molecule has 4 heteroatoms. The zero-order valence-electron chi connectivity index (χ0n) is 13.4. The molecule has 1 aromatic heterocycles. The average Bonchev–Trinajstić information content (AvgIpc) is 2.84. The van der Waals surface area contributed by atoms with Crippen molar-refractivity contribution >= 4 is 0 Å². The molecule has 0 aliphatic rings. The fraction of sp³-hybridized carbons (Fsp3) is 0.529. The van der Waals surface area contributed by atoms with Crippen LogP contribution in [-0.2, 0) is 12.8 Å².